The summed E-state index contributed by atoms with van der Waals surface area (Å²) in [5.41, 5.74) is 13.7. The van der Waals surface area contributed by atoms with Crippen molar-refractivity contribution in [2.45, 2.75) is 64.2 Å². The Balaban J connectivity index is 1.20. The van der Waals surface area contributed by atoms with E-state index >= 15 is 0 Å². The van der Waals surface area contributed by atoms with Crippen molar-refractivity contribution in [1.82, 2.24) is 0 Å². The molecule has 0 aliphatic heterocycles. The monoisotopic (exact) mass is 761 g/mol. The average molecular weight is 762 g/mol. The molecule has 288 valence electrons. The zero-order valence-electron chi connectivity index (χ0n) is 34.5. The average Bonchev–Trinajstić information content (AvgIpc) is 3.29. The number of fused-ring (bicyclic) bond motifs is 4. The van der Waals surface area contributed by atoms with E-state index in [1.165, 1.54) is 120 Å². The van der Waals surface area contributed by atoms with Gasteiger partial charge in [0.05, 0.1) is 11.4 Å². The molecule has 1 fully saturated rings. The molecule has 9 aromatic rings. The van der Waals surface area contributed by atoms with Gasteiger partial charge in [0.15, 0.2) is 0 Å². The summed E-state index contributed by atoms with van der Waals surface area (Å²) in [6.45, 7) is 6.95. The van der Waals surface area contributed by atoms with Crippen LogP contribution in [-0.4, -0.2) is 0 Å². The molecule has 59 heavy (non-hydrogen) atoms. The first-order valence-electron chi connectivity index (χ1n) is 21.5. The van der Waals surface area contributed by atoms with E-state index < -0.39 is 0 Å². The van der Waals surface area contributed by atoms with Gasteiger partial charge in [-0.25, -0.2) is 0 Å². The highest BCUT2D eigenvalue weighted by atomic mass is 15.1. The van der Waals surface area contributed by atoms with E-state index in [1.54, 1.807) is 0 Å². The van der Waals surface area contributed by atoms with Crippen molar-refractivity contribution < 1.29 is 0 Å². The second kappa shape index (κ2) is 15.4. The Kier molecular flexibility index (Phi) is 9.61. The molecular formula is C58H51N. The van der Waals surface area contributed by atoms with Crippen LogP contribution in [0.2, 0.25) is 0 Å². The van der Waals surface area contributed by atoms with Crippen molar-refractivity contribution >= 4 is 49.4 Å². The lowest BCUT2D eigenvalue weighted by atomic mass is 9.80. The lowest BCUT2D eigenvalue weighted by Crippen LogP contribution is -2.16. The molecule has 10 rings (SSSR count). The fourth-order valence-electron chi connectivity index (χ4n) is 9.78. The van der Waals surface area contributed by atoms with Gasteiger partial charge in [0.2, 0.25) is 0 Å². The highest BCUT2D eigenvalue weighted by molar-refractivity contribution is 6.12. The molecule has 0 atom stereocenters. The minimum Gasteiger partial charge on any atom is -0.309 e. The molecule has 1 nitrogen and oxygen atoms in total. The van der Waals surface area contributed by atoms with Gasteiger partial charge >= 0.3 is 0 Å². The van der Waals surface area contributed by atoms with Crippen molar-refractivity contribution in [1.29, 1.82) is 0 Å². The van der Waals surface area contributed by atoms with Gasteiger partial charge in [-0.15, -0.1) is 0 Å². The fourth-order valence-corrected chi connectivity index (χ4v) is 9.78. The number of hydrogen-bond acceptors (Lipinski definition) is 1. The van der Waals surface area contributed by atoms with Gasteiger partial charge in [-0.2, -0.15) is 0 Å². The molecule has 1 heteroatoms. The van der Waals surface area contributed by atoms with Crippen LogP contribution in [0, 0.1) is 0 Å². The standard InChI is InChI=1S/C58H51N/c1-58(2,3)45-34-38-49(40-17-6-4-7-18-40)56(39-45)59(46-35-31-43(32-36-46)48-26-16-28-51-47-24-11-10-21-42(47)33-37-52(48)51)55-30-13-12-25-53(55)54-29-15-23-44-22-14-27-50(57(44)54)41-19-8-5-9-20-41/h4,6-7,10-18,21-39,41H,5,8-9,19-20H2,1-3H3. The van der Waals surface area contributed by atoms with Crippen LogP contribution in [0.3, 0.4) is 0 Å². The molecule has 0 heterocycles. The Morgan fingerprint density at radius 1 is 0.424 bits per heavy atom. The van der Waals surface area contributed by atoms with Gasteiger partial charge in [-0.05, 0) is 114 Å². The smallest absolute Gasteiger partial charge is 0.0543 e. The third-order valence-electron chi connectivity index (χ3n) is 12.8. The quantitative estimate of drug-likeness (QED) is 0.146. The summed E-state index contributed by atoms with van der Waals surface area (Å²) in [6, 6.07) is 70.3. The molecular weight excluding hydrogens is 711 g/mol. The van der Waals surface area contributed by atoms with Crippen molar-refractivity contribution in [2.24, 2.45) is 0 Å². The minimum absolute atomic E-state index is 0.0396. The Morgan fingerprint density at radius 2 is 1.07 bits per heavy atom. The zero-order chi connectivity index (χ0) is 39.9. The van der Waals surface area contributed by atoms with Crippen LogP contribution >= 0.6 is 0 Å². The van der Waals surface area contributed by atoms with E-state index in [9.17, 15) is 0 Å². The summed E-state index contributed by atoms with van der Waals surface area (Å²) < 4.78 is 0. The van der Waals surface area contributed by atoms with Gasteiger partial charge in [0.25, 0.3) is 0 Å². The summed E-state index contributed by atoms with van der Waals surface area (Å²) in [4.78, 5) is 2.54. The van der Waals surface area contributed by atoms with Crippen LogP contribution in [-0.2, 0) is 5.41 Å². The minimum atomic E-state index is -0.0396. The largest absolute Gasteiger partial charge is 0.309 e. The third kappa shape index (κ3) is 6.89. The maximum atomic E-state index is 2.54. The second-order valence-electron chi connectivity index (χ2n) is 17.5. The van der Waals surface area contributed by atoms with Gasteiger partial charge in [0.1, 0.15) is 0 Å². The molecule has 1 saturated carbocycles. The molecule has 0 saturated heterocycles. The van der Waals surface area contributed by atoms with Crippen LogP contribution in [0.25, 0.3) is 65.7 Å². The summed E-state index contributed by atoms with van der Waals surface area (Å²) in [6.07, 6.45) is 6.50. The van der Waals surface area contributed by atoms with Gasteiger partial charge in [-0.1, -0.05) is 204 Å². The number of nitrogens with zero attached hydrogens (tertiary/aromatic N) is 1. The fraction of sp³-hybridized carbons (Fsp3) is 0.172. The second-order valence-corrected chi connectivity index (χ2v) is 17.5. The highest BCUT2D eigenvalue weighted by Gasteiger charge is 2.26. The third-order valence-corrected chi connectivity index (χ3v) is 12.8. The molecule has 0 amide bonds. The van der Waals surface area contributed by atoms with Crippen molar-refractivity contribution in [2.75, 3.05) is 4.90 Å². The molecule has 9 aromatic carbocycles. The van der Waals surface area contributed by atoms with Crippen molar-refractivity contribution in [3.05, 3.63) is 199 Å². The Morgan fingerprint density at radius 3 is 1.88 bits per heavy atom. The van der Waals surface area contributed by atoms with E-state index in [0.717, 1.165) is 5.69 Å². The molecule has 1 aliphatic rings. The van der Waals surface area contributed by atoms with Gasteiger partial charge < -0.3 is 4.90 Å². The molecule has 0 bridgehead atoms. The summed E-state index contributed by atoms with van der Waals surface area (Å²) >= 11 is 0. The zero-order valence-corrected chi connectivity index (χ0v) is 34.5. The summed E-state index contributed by atoms with van der Waals surface area (Å²) in [5, 5.41) is 7.84. The van der Waals surface area contributed by atoms with Crippen LogP contribution in [0.15, 0.2) is 188 Å². The molecule has 0 radical (unpaired) electrons. The van der Waals surface area contributed by atoms with Gasteiger partial charge in [0, 0.05) is 16.8 Å². The van der Waals surface area contributed by atoms with E-state index in [1.807, 2.05) is 0 Å². The van der Waals surface area contributed by atoms with Crippen LogP contribution in [0.4, 0.5) is 17.1 Å². The predicted molar refractivity (Wildman–Crippen MR) is 254 cm³/mol. The van der Waals surface area contributed by atoms with Crippen molar-refractivity contribution in [3.8, 4) is 33.4 Å². The van der Waals surface area contributed by atoms with E-state index in [4.69, 9.17) is 0 Å². The maximum absolute atomic E-state index is 2.54. The Labute approximate surface area is 349 Å². The lowest BCUT2D eigenvalue weighted by molar-refractivity contribution is 0.445. The highest BCUT2D eigenvalue weighted by Crippen LogP contribution is 2.49. The van der Waals surface area contributed by atoms with E-state index in [2.05, 4.69) is 214 Å². The first-order valence-corrected chi connectivity index (χ1v) is 21.5. The van der Waals surface area contributed by atoms with E-state index in [0.29, 0.717) is 5.92 Å². The number of para-hydroxylation sites is 1. The van der Waals surface area contributed by atoms with Gasteiger partial charge in [-0.3, -0.25) is 0 Å². The number of benzene rings is 9. The summed E-state index contributed by atoms with van der Waals surface area (Å²) in [7, 11) is 0. The molecule has 1 aliphatic carbocycles. The number of anilines is 3. The topological polar surface area (TPSA) is 3.24 Å². The lowest BCUT2D eigenvalue weighted by Gasteiger charge is -2.32. The predicted octanol–water partition coefficient (Wildman–Crippen LogP) is 17.0. The normalized spacial score (nSPS) is 13.6. The first kappa shape index (κ1) is 36.9. The summed E-state index contributed by atoms with van der Waals surface area (Å²) in [5.74, 6) is 0.588. The maximum Gasteiger partial charge on any atom is 0.0543 e. The van der Waals surface area contributed by atoms with Crippen LogP contribution in [0.1, 0.15) is 69.9 Å². The number of hydrogen-bond donors (Lipinski definition) is 0. The molecule has 0 unspecified atom stereocenters. The Hall–Kier alpha value is -6.44. The van der Waals surface area contributed by atoms with Crippen LogP contribution in [0.5, 0.6) is 0 Å². The van der Waals surface area contributed by atoms with Crippen molar-refractivity contribution in [3.63, 3.8) is 0 Å². The molecule has 0 spiro atoms. The SMILES string of the molecule is CC(C)(C)c1ccc(-c2ccccc2)c(N(c2ccc(-c3cccc4c3ccc3ccccc34)cc2)c2ccccc2-c2cccc3cccc(C4CCCCC4)c23)c1. The molecule has 0 aromatic heterocycles. The molecule has 0 N–H and O–H groups in total. The van der Waals surface area contributed by atoms with Crippen LogP contribution < -0.4 is 4.90 Å². The van der Waals surface area contributed by atoms with E-state index in [-0.39, 0.29) is 5.41 Å². The first-order chi connectivity index (χ1) is 28.9. The number of rotatable bonds is 7. The Bertz CT molecular complexity index is 2940.